The molecule has 3 fully saturated rings. The van der Waals surface area contributed by atoms with Gasteiger partial charge in [0.05, 0.1) is 13.2 Å². The molecule has 2 saturated carbocycles. The number of aromatic amines is 1. The van der Waals surface area contributed by atoms with Gasteiger partial charge in [0.1, 0.15) is 29.8 Å². The molecule has 186 valence electrons. The Kier molecular flexibility index (Phi) is 5.61. The van der Waals surface area contributed by atoms with Crippen LogP contribution in [0, 0.1) is 23.2 Å². The van der Waals surface area contributed by atoms with Crippen LogP contribution in [0.1, 0.15) is 44.1 Å². The number of nitrogens with zero attached hydrogens (tertiary/aromatic N) is 1. The van der Waals surface area contributed by atoms with Gasteiger partial charge in [0.2, 0.25) is 11.8 Å². The van der Waals surface area contributed by atoms with E-state index in [0.29, 0.717) is 24.3 Å². The molecule has 2 heterocycles. The van der Waals surface area contributed by atoms with Gasteiger partial charge in [-0.2, -0.15) is 0 Å². The molecule has 1 aromatic heterocycles. The van der Waals surface area contributed by atoms with Gasteiger partial charge in [-0.05, 0) is 61.1 Å². The van der Waals surface area contributed by atoms with Crippen LogP contribution in [0.25, 0.3) is 10.9 Å². The summed E-state index contributed by atoms with van der Waals surface area (Å²) in [6.45, 7) is 6.31. The number of carbonyl (C=O) groups excluding carboxylic acids is 4. The first-order chi connectivity index (χ1) is 16.7. The number of rotatable bonds is 8. The number of benzene rings is 1. The third-order valence-corrected chi connectivity index (χ3v) is 8.07. The fourth-order valence-electron chi connectivity index (χ4n) is 5.79. The zero-order valence-electron chi connectivity index (χ0n) is 20.5. The molecule has 3 N–H and O–H groups in total. The maximum Gasteiger partial charge on any atom is 0.268 e. The predicted octanol–water partition coefficient (Wildman–Crippen LogP) is 1.87. The van der Waals surface area contributed by atoms with E-state index in [0.717, 1.165) is 23.7 Å². The third-order valence-electron chi connectivity index (χ3n) is 8.07. The first kappa shape index (κ1) is 23.4. The summed E-state index contributed by atoms with van der Waals surface area (Å²) in [6.07, 6.45) is 2.38. The highest BCUT2D eigenvalue weighted by Crippen LogP contribution is 2.65. The number of likely N-dealkylation sites (tertiary alicyclic amines) is 1. The first-order valence-electron chi connectivity index (χ1n) is 12.2. The molecule has 0 unspecified atom stereocenters. The predicted molar refractivity (Wildman–Crippen MR) is 129 cm³/mol. The molecule has 35 heavy (non-hydrogen) atoms. The van der Waals surface area contributed by atoms with Crippen LogP contribution in [0.15, 0.2) is 24.3 Å². The van der Waals surface area contributed by atoms with Gasteiger partial charge in [0.15, 0.2) is 0 Å². The zero-order chi connectivity index (χ0) is 25.1. The summed E-state index contributed by atoms with van der Waals surface area (Å²) in [5, 5.41) is 6.45. The van der Waals surface area contributed by atoms with Crippen molar-refractivity contribution < 1.29 is 23.9 Å². The minimum Gasteiger partial charge on any atom is -0.496 e. The van der Waals surface area contributed by atoms with E-state index in [9.17, 15) is 19.2 Å². The summed E-state index contributed by atoms with van der Waals surface area (Å²) in [5.74, 6) is 0.0789. The lowest BCUT2D eigenvalue weighted by molar-refractivity contribution is -0.142. The Hall–Kier alpha value is -3.36. The number of nitrogens with one attached hydrogen (secondary N) is 3. The molecule has 3 amide bonds. The molecule has 0 spiro atoms. The van der Waals surface area contributed by atoms with Crippen LogP contribution in [-0.4, -0.2) is 65.7 Å². The van der Waals surface area contributed by atoms with E-state index in [1.165, 1.54) is 0 Å². The van der Waals surface area contributed by atoms with Crippen molar-refractivity contribution in [1.82, 2.24) is 20.5 Å². The van der Waals surface area contributed by atoms with E-state index in [4.69, 9.17) is 4.74 Å². The summed E-state index contributed by atoms with van der Waals surface area (Å²) in [5.41, 5.74) is 1.08. The van der Waals surface area contributed by atoms with Gasteiger partial charge in [-0.25, -0.2) is 0 Å². The van der Waals surface area contributed by atoms with Crippen molar-refractivity contribution in [2.45, 2.75) is 51.7 Å². The van der Waals surface area contributed by atoms with Crippen molar-refractivity contribution in [2.24, 2.45) is 23.2 Å². The largest absolute Gasteiger partial charge is 0.496 e. The molecular weight excluding hydrogens is 448 g/mol. The number of aldehydes is 1. The second-order valence-corrected chi connectivity index (χ2v) is 10.7. The van der Waals surface area contributed by atoms with Gasteiger partial charge in [0.25, 0.3) is 5.91 Å². The van der Waals surface area contributed by atoms with Crippen LogP contribution in [-0.2, 0) is 14.4 Å². The molecule has 1 saturated heterocycles. The van der Waals surface area contributed by atoms with Crippen LogP contribution in [0.5, 0.6) is 5.75 Å². The molecule has 1 aliphatic heterocycles. The van der Waals surface area contributed by atoms with E-state index in [-0.39, 0.29) is 40.9 Å². The highest BCUT2D eigenvalue weighted by molar-refractivity contribution is 6.02. The number of hydrogen-bond donors (Lipinski definition) is 3. The Morgan fingerprint density at radius 2 is 1.97 bits per heavy atom. The quantitative estimate of drug-likeness (QED) is 0.498. The molecule has 5 rings (SSSR count). The fraction of sp³-hybridized carbons (Fsp3) is 0.538. The molecular formula is C26H32N4O5. The maximum absolute atomic E-state index is 13.7. The van der Waals surface area contributed by atoms with E-state index in [1.54, 1.807) is 25.0 Å². The molecule has 5 atom stereocenters. The number of fused-ring (bicyclic) bond motifs is 2. The average Bonchev–Trinajstić information content (AvgIpc) is 3.61. The van der Waals surface area contributed by atoms with Crippen LogP contribution in [0.4, 0.5) is 0 Å². The molecule has 2 aliphatic carbocycles. The highest BCUT2D eigenvalue weighted by atomic mass is 16.5. The lowest BCUT2D eigenvalue weighted by Crippen LogP contribution is -2.57. The van der Waals surface area contributed by atoms with E-state index < -0.39 is 18.1 Å². The first-order valence-corrected chi connectivity index (χ1v) is 12.2. The molecule has 9 heteroatoms. The molecule has 1 aromatic carbocycles. The van der Waals surface area contributed by atoms with Crippen molar-refractivity contribution in [3.05, 3.63) is 30.0 Å². The standard InChI is InChI=1S/C26H32N4O5/c1-13(12-31)27-24(33)22-20-16(26(20,2)3)11-30(22)25(34)21(14-8-9-14)29-23(32)18-10-15-17(28-18)6-5-7-19(15)35-4/h5-7,10,12-14,16,20-22,28H,8-9,11H2,1-4H3,(H,27,33)(H,29,32)/t13-,16-,20-,21-,22-/m0/s1. The SMILES string of the molecule is COc1cccc2[nH]c(C(=O)N[C@H](C(=O)N3C[C@H]4[C@@H]([C@H]3C(=O)N[C@@H](C)C=O)C4(C)C)C3CC3)cc12. The zero-order valence-corrected chi connectivity index (χ0v) is 20.5. The van der Waals surface area contributed by atoms with Gasteiger partial charge in [-0.15, -0.1) is 0 Å². The van der Waals surface area contributed by atoms with Gasteiger partial charge in [-0.1, -0.05) is 19.9 Å². The van der Waals surface area contributed by atoms with Gasteiger partial charge < -0.3 is 30.0 Å². The van der Waals surface area contributed by atoms with E-state index in [2.05, 4.69) is 29.5 Å². The number of aromatic nitrogens is 1. The van der Waals surface area contributed by atoms with Crippen molar-refractivity contribution >= 4 is 34.9 Å². The smallest absolute Gasteiger partial charge is 0.268 e. The van der Waals surface area contributed by atoms with Crippen LogP contribution >= 0.6 is 0 Å². The second-order valence-electron chi connectivity index (χ2n) is 10.7. The summed E-state index contributed by atoms with van der Waals surface area (Å²) < 4.78 is 5.38. The van der Waals surface area contributed by atoms with Crippen LogP contribution in [0.3, 0.4) is 0 Å². The summed E-state index contributed by atoms with van der Waals surface area (Å²) in [6, 6.07) is 5.29. The number of carbonyl (C=O) groups is 4. The average molecular weight is 481 g/mol. The molecule has 9 nitrogen and oxygen atoms in total. The minimum atomic E-state index is -0.699. The molecule has 0 radical (unpaired) electrons. The summed E-state index contributed by atoms with van der Waals surface area (Å²) in [4.78, 5) is 55.9. The van der Waals surface area contributed by atoms with Crippen molar-refractivity contribution in [3.63, 3.8) is 0 Å². The number of methoxy groups -OCH3 is 1. The Labute approximate surface area is 203 Å². The molecule has 0 bridgehead atoms. The summed E-state index contributed by atoms with van der Waals surface area (Å²) >= 11 is 0. The Morgan fingerprint density at radius 1 is 1.23 bits per heavy atom. The van der Waals surface area contributed by atoms with E-state index >= 15 is 0 Å². The normalized spacial score (nSPS) is 25.9. The minimum absolute atomic E-state index is 0.0368. The molecule has 2 aromatic rings. The number of amides is 3. The van der Waals surface area contributed by atoms with Crippen molar-refractivity contribution in [1.29, 1.82) is 0 Å². The van der Waals surface area contributed by atoms with E-state index in [1.807, 2.05) is 18.2 Å². The third kappa shape index (κ3) is 3.96. The monoisotopic (exact) mass is 480 g/mol. The Morgan fingerprint density at radius 3 is 2.63 bits per heavy atom. The van der Waals surface area contributed by atoms with Gasteiger partial charge in [-0.3, -0.25) is 14.4 Å². The number of ether oxygens (including phenoxy) is 1. The number of piperidine rings is 1. The van der Waals surface area contributed by atoms with Gasteiger partial charge >= 0.3 is 0 Å². The Bertz CT molecular complexity index is 1200. The highest BCUT2D eigenvalue weighted by Gasteiger charge is 2.69. The van der Waals surface area contributed by atoms with Crippen molar-refractivity contribution in [3.8, 4) is 5.75 Å². The summed E-state index contributed by atoms with van der Waals surface area (Å²) in [7, 11) is 1.58. The van der Waals surface area contributed by atoms with Crippen LogP contribution < -0.4 is 15.4 Å². The molecule has 3 aliphatic rings. The fourth-order valence-corrected chi connectivity index (χ4v) is 5.79. The van der Waals surface area contributed by atoms with Crippen molar-refractivity contribution in [2.75, 3.05) is 13.7 Å². The lowest BCUT2D eigenvalue weighted by atomic mass is 9.99. The van der Waals surface area contributed by atoms with Gasteiger partial charge in [0, 0.05) is 17.4 Å². The maximum atomic E-state index is 13.7. The van der Waals surface area contributed by atoms with Crippen LogP contribution in [0.2, 0.25) is 0 Å². The number of hydrogen-bond acceptors (Lipinski definition) is 5. The Balaban J connectivity index is 1.36. The lowest BCUT2D eigenvalue weighted by Gasteiger charge is -2.33. The second kappa shape index (κ2) is 8.39. The topological polar surface area (TPSA) is 121 Å². The number of H-pyrrole nitrogens is 1.